The predicted octanol–water partition coefficient (Wildman–Crippen LogP) is 4.20. The monoisotopic (exact) mass is 655 g/mol. The number of nitrogens with zero attached hydrogens (tertiary/aromatic N) is 4. The van der Waals surface area contributed by atoms with E-state index in [2.05, 4.69) is 74.9 Å². The Kier molecular flexibility index (Phi) is 9.92. The van der Waals surface area contributed by atoms with Crippen molar-refractivity contribution in [3.63, 3.8) is 0 Å². The van der Waals surface area contributed by atoms with Gasteiger partial charge in [0.15, 0.2) is 17.7 Å². The van der Waals surface area contributed by atoms with Gasteiger partial charge < -0.3 is 41.6 Å². The van der Waals surface area contributed by atoms with E-state index < -0.39 is 24.5 Å². The Balaban J connectivity index is 1.07. The van der Waals surface area contributed by atoms with Gasteiger partial charge in [0.2, 0.25) is 0 Å². The molecule has 1 aliphatic rings. The highest BCUT2D eigenvalue weighted by molar-refractivity contribution is 5.89. The molecule has 1 saturated heterocycles. The zero-order chi connectivity index (χ0) is 33.8. The SMILES string of the molecule is CC(C)(C)c1ccc(NC(=O)NCCC[C@H](CNCc2cccc3cc[nH]c23)C[C@H]2O[C@@H](n3cnc4c(N)ncnc43)C(O)C2O)cc1. The maximum absolute atomic E-state index is 12.6. The lowest BCUT2D eigenvalue weighted by atomic mass is 9.87. The number of fused-ring (bicyclic) bond motifs is 2. The Morgan fingerprint density at radius 3 is 2.69 bits per heavy atom. The van der Waals surface area contributed by atoms with Crippen molar-refractivity contribution in [2.75, 3.05) is 24.1 Å². The fourth-order valence-corrected chi connectivity index (χ4v) is 6.37. The second kappa shape index (κ2) is 14.3. The summed E-state index contributed by atoms with van der Waals surface area (Å²) in [5, 5.41) is 32.7. The first kappa shape index (κ1) is 33.3. The van der Waals surface area contributed by atoms with Gasteiger partial charge in [0, 0.05) is 30.5 Å². The molecule has 2 amide bonds. The summed E-state index contributed by atoms with van der Waals surface area (Å²) < 4.78 is 7.86. The van der Waals surface area contributed by atoms with E-state index in [4.69, 9.17) is 10.5 Å². The lowest BCUT2D eigenvalue weighted by Gasteiger charge is -2.23. The van der Waals surface area contributed by atoms with E-state index in [0.717, 1.165) is 28.6 Å². The number of H-pyrrole nitrogens is 1. The first-order valence-electron chi connectivity index (χ1n) is 16.4. The van der Waals surface area contributed by atoms with E-state index in [0.29, 0.717) is 43.6 Å². The number of urea groups is 1. The molecule has 0 aliphatic carbocycles. The lowest BCUT2D eigenvalue weighted by molar-refractivity contribution is -0.0416. The van der Waals surface area contributed by atoms with Crippen LogP contribution in [0, 0.1) is 5.92 Å². The van der Waals surface area contributed by atoms with Crippen molar-refractivity contribution < 1.29 is 19.7 Å². The van der Waals surface area contributed by atoms with Crippen molar-refractivity contribution in [1.29, 1.82) is 0 Å². The Morgan fingerprint density at radius 1 is 1.08 bits per heavy atom. The number of amides is 2. The third-order valence-electron chi connectivity index (χ3n) is 9.07. The van der Waals surface area contributed by atoms with Crippen LogP contribution in [0.2, 0.25) is 0 Å². The van der Waals surface area contributed by atoms with Gasteiger partial charge in [0.1, 0.15) is 24.1 Å². The summed E-state index contributed by atoms with van der Waals surface area (Å²) in [4.78, 5) is 28.5. The van der Waals surface area contributed by atoms with Gasteiger partial charge in [0.05, 0.1) is 12.4 Å². The highest BCUT2D eigenvalue weighted by Crippen LogP contribution is 2.35. The smallest absolute Gasteiger partial charge is 0.319 e. The van der Waals surface area contributed by atoms with E-state index >= 15 is 0 Å². The molecule has 13 heteroatoms. The fraction of sp³-hybridized carbons (Fsp3) is 0.429. The summed E-state index contributed by atoms with van der Waals surface area (Å²) in [6.45, 7) is 8.24. The number of aromatic amines is 1. The number of benzene rings is 2. The third kappa shape index (κ3) is 7.44. The molecule has 4 heterocycles. The first-order chi connectivity index (χ1) is 23.1. The highest BCUT2D eigenvalue weighted by Gasteiger charge is 2.44. The van der Waals surface area contributed by atoms with Crippen LogP contribution in [0.1, 0.15) is 57.4 Å². The number of hydrogen-bond acceptors (Lipinski definition) is 9. The summed E-state index contributed by atoms with van der Waals surface area (Å²) in [6.07, 6.45) is 2.90. The van der Waals surface area contributed by atoms with Crippen LogP contribution >= 0.6 is 0 Å². The Labute approximate surface area is 279 Å². The number of nitrogens with two attached hydrogens (primary N) is 1. The van der Waals surface area contributed by atoms with Crippen LogP contribution in [0.4, 0.5) is 16.3 Å². The van der Waals surface area contributed by atoms with Crippen molar-refractivity contribution in [1.82, 2.24) is 35.1 Å². The zero-order valence-corrected chi connectivity index (χ0v) is 27.6. The fourth-order valence-electron chi connectivity index (χ4n) is 6.37. The number of hydrogen-bond donors (Lipinski definition) is 7. The standard InChI is InChI=1S/C35H45N9O4/c1-35(2,3)24-9-11-25(12-10-24)43-34(47)39-14-5-6-21(17-37-18-23-8-4-7-22-13-15-38-27(22)23)16-26-29(45)30(46)33(48-26)44-20-42-28-31(36)40-19-41-32(28)44/h4,7-13,15,19-21,26,29-30,33,37-38,45-46H,5-6,14,16-18H2,1-3H3,(H2,36,40,41)(H2,39,43,47)/t21-,26+,29?,30?,33+/m0/s1. The molecular formula is C35H45N9O4. The Bertz CT molecular complexity index is 1830. The van der Waals surface area contributed by atoms with Crippen molar-refractivity contribution in [3.05, 3.63) is 78.5 Å². The maximum atomic E-state index is 12.6. The lowest BCUT2D eigenvalue weighted by Crippen LogP contribution is -2.35. The summed E-state index contributed by atoms with van der Waals surface area (Å²) in [7, 11) is 0. The minimum Gasteiger partial charge on any atom is -0.388 e. The number of aliphatic hydroxyl groups excluding tert-OH is 2. The number of aliphatic hydroxyl groups is 2. The number of carbonyl (C=O) groups excluding carboxylic acids is 1. The van der Waals surface area contributed by atoms with Gasteiger partial charge >= 0.3 is 6.03 Å². The molecule has 1 fully saturated rings. The van der Waals surface area contributed by atoms with E-state index in [9.17, 15) is 15.0 Å². The summed E-state index contributed by atoms with van der Waals surface area (Å²) in [6, 6.07) is 15.9. The maximum Gasteiger partial charge on any atom is 0.319 e. The van der Waals surface area contributed by atoms with Gasteiger partial charge in [-0.3, -0.25) is 4.57 Å². The molecule has 1 aliphatic heterocycles. The minimum absolute atomic E-state index is 0.0390. The van der Waals surface area contributed by atoms with Crippen LogP contribution in [0.15, 0.2) is 67.4 Å². The van der Waals surface area contributed by atoms with Crippen molar-refractivity contribution >= 4 is 39.6 Å². The molecule has 5 aromatic rings. The largest absolute Gasteiger partial charge is 0.388 e. The minimum atomic E-state index is -1.19. The zero-order valence-electron chi connectivity index (χ0n) is 27.6. The number of nitrogen functional groups attached to an aromatic ring is 1. The number of carbonyl (C=O) groups is 1. The Hall–Kier alpha value is -4.56. The molecule has 13 nitrogen and oxygen atoms in total. The molecule has 254 valence electrons. The van der Waals surface area contributed by atoms with Gasteiger partial charge in [-0.25, -0.2) is 19.7 Å². The molecule has 2 unspecified atom stereocenters. The number of aromatic nitrogens is 5. The van der Waals surface area contributed by atoms with Crippen LogP contribution in [0.25, 0.3) is 22.1 Å². The topological polar surface area (TPSA) is 188 Å². The van der Waals surface area contributed by atoms with Gasteiger partial charge in [0.25, 0.3) is 0 Å². The molecule has 2 aromatic carbocycles. The normalized spacial score (nSPS) is 20.4. The molecule has 48 heavy (non-hydrogen) atoms. The van der Waals surface area contributed by atoms with Crippen LogP contribution in [0.3, 0.4) is 0 Å². The Morgan fingerprint density at radius 2 is 1.90 bits per heavy atom. The number of rotatable bonds is 12. The van der Waals surface area contributed by atoms with Crippen molar-refractivity contribution in [2.24, 2.45) is 5.92 Å². The molecule has 3 aromatic heterocycles. The van der Waals surface area contributed by atoms with Crippen LogP contribution in [0.5, 0.6) is 0 Å². The first-order valence-corrected chi connectivity index (χ1v) is 16.4. The quantitative estimate of drug-likeness (QED) is 0.0967. The molecule has 6 rings (SSSR count). The van der Waals surface area contributed by atoms with E-state index in [-0.39, 0.29) is 23.2 Å². The van der Waals surface area contributed by atoms with Crippen molar-refractivity contribution in [3.8, 4) is 0 Å². The summed E-state index contributed by atoms with van der Waals surface area (Å²) in [5.74, 6) is 0.302. The van der Waals surface area contributed by atoms with Gasteiger partial charge in [-0.1, -0.05) is 51.1 Å². The molecule has 0 bridgehead atoms. The molecular weight excluding hydrogens is 610 g/mol. The second-order valence-corrected chi connectivity index (χ2v) is 13.6. The van der Waals surface area contributed by atoms with E-state index in [1.54, 1.807) is 4.57 Å². The molecule has 8 N–H and O–H groups in total. The van der Waals surface area contributed by atoms with E-state index in [1.807, 2.05) is 36.5 Å². The summed E-state index contributed by atoms with van der Waals surface area (Å²) >= 11 is 0. The van der Waals surface area contributed by atoms with Crippen molar-refractivity contribution in [2.45, 2.75) is 76.5 Å². The number of nitrogens with one attached hydrogen (secondary N) is 4. The van der Waals surface area contributed by atoms with E-state index in [1.165, 1.54) is 18.2 Å². The average Bonchev–Trinajstić information content (AvgIpc) is 3.78. The van der Waals surface area contributed by atoms with Gasteiger partial charge in [-0.2, -0.15) is 0 Å². The highest BCUT2D eigenvalue weighted by atomic mass is 16.6. The number of imidazole rings is 1. The van der Waals surface area contributed by atoms with Crippen LogP contribution in [-0.2, 0) is 16.7 Å². The molecule has 0 spiro atoms. The average molecular weight is 656 g/mol. The van der Waals surface area contributed by atoms with Gasteiger partial charge in [-0.15, -0.1) is 0 Å². The van der Waals surface area contributed by atoms with Gasteiger partial charge in [-0.05, 0) is 71.9 Å². The number of para-hydroxylation sites is 1. The second-order valence-electron chi connectivity index (χ2n) is 13.6. The van der Waals surface area contributed by atoms with Crippen LogP contribution < -0.4 is 21.7 Å². The molecule has 0 saturated carbocycles. The molecule has 0 radical (unpaired) electrons. The summed E-state index contributed by atoms with van der Waals surface area (Å²) in [5.41, 5.74) is 11.0. The van der Waals surface area contributed by atoms with Crippen LogP contribution in [-0.4, -0.2) is 72.1 Å². The number of ether oxygens (including phenoxy) is 1. The third-order valence-corrected chi connectivity index (χ3v) is 9.07. The molecule has 5 atom stereocenters. The number of anilines is 2. The predicted molar refractivity (Wildman–Crippen MR) is 185 cm³/mol.